The lowest BCUT2D eigenvalue weighted by Crippen LogP contribution is -1.88. The van der Waals surface area contributed by atoms with E-state index in [9.17, 15) is 0 Å². The number of rotatable bonds is 2. The Labute approximate surface area is 47.6 Å². The standard InChI is InChI=1S/C2H7NOS.ClH/c3-5-2-1-4;/h4H,1-3H2;1H. The third-order valence-electron chi connectivity index (χ3n) is 0.209. The first kappa shape index (κ1) is 9.75. The lowest BCUT2D eigenvalue weighted by atomic mass is 10.9. The Morgan fingerprint density at radius 3 is 2.17 bits per heavy atom. The van der Waals surface area contributed by atoms with Crippen molar-refractivity contribution in [1.29, 1.82) is 0 Å². The number of aliphatic hydroxyl groups is 1. The Morgan fingerprint density at radius 1 is 1.67 bits per heavy atom. The van der Waals surface area contributed by atoms with E-state index >= 15 is 0 Å². The summed E-state index contributed by atoms with van der Waals surface area (Å²) in [7, 11) is 0. The van der Waals surface area contributed by atoms with Crippen molar-refractivity contribution in [2.45, 2.75) is 0 Å². The van der Waals surface area contributed by atoms with Crippen molar-refractivity contribution in [3.05, 3.63) is 0 Å². The van der Waals surface area contributed by atoms with E-state index in [4.69, 9.17) is 10.2 Å². The van der Waals surface area contributed by atoms with Crippen LogP contribution in [0.15, 0.2) is 0 Å². The Bertz CT molecular complexity index is 21.0. The minimum atomic E-state index is 0. The van der Waals surface area contributed by atoms with Crippen LogP contribution in [0.1, 0.15) is 0 Å². The molecule has 2 nitrogen and oxygen atoms in total. The second-order valence-corrected chi connectivity index (χ2v) is 1.34. The van der Waals surface area contributed by atoms with Crippen molar-refractivity contribution in [2.75, 3.05) is 12.4 Å². The molecular weight excluding hydrogens is 122 g/mol. The Balaban J connectivity index is 0. The summed E-state index contributed by atoms with van der Waals surface area (Å²) in [5.74, 6) is 0.639. The van der Waals surface area contributed by atoms with E-state index in [0.717, 1.165) is 11.9 Å². The molecule has 0 radical (unpaired) electrons. The molecule has 0 fully saturated rings. The molecule has 0 aromatic rings. The average Bonchev–Trinajstić information content (AvgIpc) is 1.41. The molecule has 0 aromatic heterocycles. The smallest absolute Gasteiger partial charge is 0.0534 e. The molecule has 0 atom stereocenters. The first-order valence-electron chi connectivity index (χ1n) is 1.34. The summed E-state index contributed by atoms with van der Waals surface area (Å²) < 4.78 is 0. The summed E-state index contributed by atoms with van der Waals surface area (Å²) in [6.07, 6.45) is 0. The van der Waals surface area contributed by atoms with E-state index < -0.39 is 0 Å². The predicted molar refractivity (Wildman–Crippen MR) is 31.0 cm³/mol. The van der Waals surface area contributed by atoms with Gasteiger partial charge in [-0.15, -0.1) is 12.4 Å². The molecule has 3 N–H and O–H groups in total. The summed E-state index contributed by atoms with van der Waals surface area (Å²) in [6, 6.07) is 0. The van der Waals surface area contributed by atoms with Gasteiger partial charge in [-0.1, -0.05) is 11.9 Å². The molecule has 0 aliphatic rings. The highest BCUT2D eigenvalue weighted by Gasteiger charge is 1.69. The second kappa shape index (κ2) is 9.12. The van der Waals surface area contributed by atoms with E-state index in [0.29, 0.717) is 5.75 Å². The molecule has 40 valence electrons. The fraction of sp³-hybridized carbons (Fsp3) is 1.00. The molecule has 0 aliphatic carbocycles. The monoisotopic (exact) mass is 129 g/mol. The molecule has 0 saturated carbocycles. The van der Waals surface area contributed by atoms with Gasteiger partial charge >= 0.3 is 0 Å². The number of halogens is 1. The highest BCUT2D eigenvalue weighted by Crippen LogP contribution is 1.77. The number of nitrogens with two attached hydrogens (primary N) is 1. The summed E-state index contributed by atoms with van der Waals surface area (Å²) >= 11 is 1.15. The molecule has 0 aliphatic heterocycles. The maximum Gasteiger partial charge on any atom is 0.0534 e. The molecule has 0 saturated heterocycles. The van der Waals surface area contributed by atoms with Crippen LogP contribution in [0.2, 0.25) is 0 Å². The van der Waals surface area contributed by atoms with Gasteiger partial charge in [-0.05, 0) is 0 Å². The molecular formula is C2H8ClNOS. The van der Waals surface area contributed by atoms with Gasteiger partial charge in [0.15, 0.2) is 0 Å². The van der Waals surface area contributed by atoms with Crippen LogP contribution in [0.25, 0.3) is 0 Å². The Hall–Kier alpha value is 0.560. The highest BCUT2D eigenvalue weighted by molar-refractivity contribution is 7.97. The second-order valence-electron chi connectivity index (χ2n) is 0.594. The molecule has 0 bridgehead atoms. The van der Waals surface area contributed by atoms with Crippen LogP contribution in [0.3, 0.4) is 0 Å². The van der Waals surface area contributed by atoms with Crippen molar-refractivity contribution < 1.29 is 5.11 Å². The molecule has 6 heavy (non-hydrogen) atoms. The fourth-order valence-electron chi connectivity index (χ4n) is 0.0527. The first-order valence-corrected chi connectivity index (χ1v) is 2.39. The summed E-state index contributed by atoms with van der Waals surface area (Å²) in [5, 5.41) is 12.9. The minimum absolute atomic E-state index is 0. The van der Waals surface area contributed by atoms with Gasteiger partial charge in [-0.2, -0.15) is 0 Å². The van der Waals surface area contributed by atoms with Gasteiger partial charge in [-0.3, -0.25) is 5.14 Å². The molecule has 0 spiro atoms. The van der Waals surface area contributed by atoms with Crippen LogP contribution in [0.4, 0.5) is 0 Å². The third-order valence-corrected chi connectivity index (χ3v) is 0.627. The molecule has 0 heterocycles. The van der Waals surface area contributed by atoms with Gasteiger partial charge in [0.1, 0.15) is 0 Å². The van der Waals surface area contributed by atoms with Crippen LogP contribution < -0.4 is 5.14 Å². The zero-order chi connectivity index (χ0) is 4.12. The van der Waals surface area contributed by atoms with Crippen LogP contribution in [0.5, 0.6) is 0 Å². The van der Waals surface area contributed by atoms with E-state index in [1.807, 2.05) is 0 Å². The third kappa shape index (κ3) is 8.82. The first-order chi connectivity index (χ1) is 2.41. The van der Waals surface area contributed by atoms with Crippen LogP contribution in [-0.4, -0.2) is 17.5 Å². The average molecular weight is 130 g/mol. The topological polar surface area (TPSA) is 46.2 Å². The predicted octanol–water partition coefficient (Wildman–Crippen LogP) is 0.00740. The zero-order valence-electron chi connectivity index (χ0n) is 3.26. The van der Waals surface area contributed by atoms with E-state index in [1.54, 1.807) is 0 Å². The molecule has 4 heteroatoms. The number of hydrogen-bond donors (Lipinski definition) is 2. The largest absolute Gasteiger partial charge is 0.395 e. The van der Waals surface area contributed by atoms with Crippen molar-refractivity contribution >= 4 is 24.4 Å². The van der Waals surface area contributed by atoms with Crippen LogP contribution >= 0.6 is 24.4 Å². The van der Waals surface area contributed by atoms with E-state index in [-0.39, 0.29) is 19.0 Å². The molecule has 0 unspecified atom stereocenters. The lowest BCUT2D eigenvalue weighted by Gasteiger charge is -1.80. The summed E-state index contributed by atoms with van der Waals surface area (Å²) in [6.45, 7) is 0.182. The fourth-order valence-corrected chi connectivity index (χ4v) is 0.158. The van der Waals surface area contributed by atoms with Gasteiger partial charge in [0, 0.05) is 5.75 Å². The highest BCUT2D eigenvalue weighted by atomic mass is 35.5. The molecule has 0 rings (SSSR count). The van der Waals surface area contributed by atoms with Crippen LogP contribution in [-0.2, 0) is 0 Å². The van der Waals surface area contributed by atoms with E-state index in [2.05, 4.69) is 0 Å². The Morgan fingerprint density at radius 2 is 2.17 bits per heavy atom. The minimum Gasteiger partial charge on any atom is -0.395 e. The summed E-state index contributed by atoms with van der Waals surface area (Å²) in [5.41, 5.74) is 0. The zero-order valence-corrected chi connectivity index (χ0v) is 4.89. The number of hydrogen-bond acceptors (Lipinski definition) is 3. The lowest BCUT2D eigenvalue weighted by molar-refractivity contribution is 0.322. The van der Waals surface area contributed by atoms with Crippen molar-refractivity contribution in [3.63, 3.8) is 0 Å². The maximum absolute atomic E-state index is 7.97. The molecule has 0 aromatic carbocycles. The Kier molecular flexibility index (Phi) is 14.8. The normalized spacial score (nSPS) is 7.00. The van der Waals surface area contributed by atoms with Gasteiger partial charge in [0.05, 0.1) is 6.61 Å². The van der Waals surface area contributed by atoms with Crippen molar-refractivity contribution in [2.24, 2.45) is 5.14 Å². The maximum atomic E-state index is 7.97. The van der Waals surface area contributed by atoms with Crippen molar-refractivity contribution in [1.82, 2.24) is 0 Å². The van der Waals surface area contributed by atoms with Gasteiger partial charge in [0.2, 0.25) is 0 Å². The van der Waals surface area contributed by atoms with E-state index in [1.165, 1.54) is 0 Å². The van der Waals surface area contributed by atoms with Crippen molar-refractivity contribution in [3.8, 4) is 0 Å². The van der Waals surface area contributed by atoms with Gasteiger partial charge < -0.3 is 5.11 Å². The summed E-state index contributed by atoms with van der Waals surface area (Å²) in [4.78, 5) is 0. The SMILES string of the molecule is Cl.NSCCO. The van der Waals surface area contributed by atoms with Gasteiger partial charge in [0.25, 0.3) is 0 Å². The number of aliphatic hydroxyl groups excluding tert-OH is 1. The quantitative estimate of drug-likeness (QED) is 0.517. The van der Waals surface area contributed by atoms with Crippen LogP contribution in [0, 0.1) is 0 Å². The molecule has 0 amide bonds. The van der Waals surface area contributed by atoms with Gasteiger partial charge in [-0.25, -0.2) is 0 Å².